The number of rotatable bonds is 5. The Morgan fingerprint density at radius 2 is 2.17 bits per heavy atom. The molecule has 0 amide bonds. The minimum Gasteiger partial charge on any atom is -0.479 e. The second-order valence-electron chi connectivity index (χ2n) is 3.84. The Bertz CT molecular complexity index is 539. The van der Waals surface area contributed by atoms with Crippen LogP contribution < -0.4 is 10.1 Å². The van der Waals surface area contributed by atoms with Gasteiger partial charge in [0.15, 0.2) is 6.61 Å². The van der Waals surface area contributed by atoms with E-state index in [1.54, 1.807) is 0 Å². The Morgan fingerprint density at radius 3 is 2.78 bits per heavy atom. The lowest BCUT2D eigenvalue weighted by Crippen LogP contribution is -2.00. The second kappa shape index (κ2) is 5.73. The highest BCUT2D eigenvalue weighted by Gasteiger charge is 2.00. The number of aryl methyl sites for hydroxylation is 1. The fraction of sp³-hybridized carbons (Fsp3) is 0.231. The Morgan fingerprint density at radius 1 is 1.39 bits per heavy atom. The molecule has 18 heavy (non-hydrogen) atoms. The predicted octanol–water partition coefficient (Wildman–Crippen LogP) is 2.23. The van der Waals surface area contributed by atoms with Crippen molar-refractivity contribution in [3.8, 4) is 11.8 Å². The summed E-state index contributed by atoms with van der Waals surface area (Å²) in [6.45, 7) is 2.78. The highest BCUT2D eigenvalue weighted by Crippen LogP contribution is 2.16. The van der Waals surface area contributed by atoms with Gasteiger partial charge in [0.25, 0.3) is 0 Å². The number of aromatic amines is 1. The quantitative estimate of drug-likeness (QED) is 0.843. The number of nitriles is 1. The highest BCUT2D eigenvalue weighted by molar-refractivity contribution is 5.46. The number of ether oxygens (including phenoxy) is 1. The lowest BCUT2D eigenvalue weighted by Gasteiger charge is -2.07. The zero-order chi connectivity index (χ0) is 12.8. The van der Waals surface area contributed by atoms with Crippen LogP contribution in [0.25, 0.3) is 0 Å². The highest BCUT2D eigenvalue weighted by atomic mass is 16.5. The van der Waals surface area contributed by atoms with E-state index in [2.05, 4.69) is 15.5 Å². The van der Waals surface area contributed by atoms with Gasteiger partial charge in [0.2, 0.25) is 0 Å². The first-order valence-electron chi connectivity index (χ1n) is 5.62. The smallest absolute Gasteiger partial charge is 0.174 e. The molecule has 2 aromatic rings. The number of nitrogens with zero attached hydrogens (tertiary/aromatic N) is 2. The first-order chi connectivity index (χ1) is 8.79. The average molecular weight is 242 g/mol. The minimum absolute atomic E-state index is 0.0704. The van der Waals surface area contributed by atoms with Gasteiger partial charge in [0.1, 0.15) is 11.8 Å². The van der Waals surface area contributed by atoms with Crippen molar-refractivity contribution in [2.24, 2.45) is 0 Å². The van der Waals surface area contributed by atoms with Crippen LogP contribution in [0.1, 0.15) is 11.3 Å². The summed E-state index contributed by atoms with van der Waals surface area (Å²) in [5.74, 6) is 0.696. The van der Waals surface area contributed by atoms with Gasteiger partial charge in [-0.1, -0.05) is 0 Å². The number of H-pyrrole nitrogens is 1. The van der Waals surface area contributed by atoms with Crippen molar-refractivity contribution in [2.75, 3.05) is 11.9 Å². The Labute approximate surface area is 105 Å². The molecule has 0 saturated carbocycles. The number of anilines is 1. The second-order valence-corrected chi connectivity index (χ2v) is 3.84. The molecule has 92 valence electrons. The summed E-state index contributed by atoms with van der Waals surface area (Å²) in [6, 6.07) is 9.44. The molecule has 0 saturated heterocycles. The number of hydrogen-bond acceptors (Lipinski definition) is 4. The largest absolute Gasteiger partial charge is 0.479 e. The molecule has 0 aliphatic carbocycles. The van der Waals surface area contributed by atoms with Crippen LogP contribution >= 0.6 is 0 Å². The van der Waals surface area contributed by atoms with E-state index >= 15 is 0 Å². The molecule has 0 unspecified atom stereocenters. The van der Waals surface area contributed by atoms with Crippen LogP contribution in [0.5, 0.6) is 5.75 Å². The molecule has 0 atom stereocenters. The van der Waals surface area contributed by atoms with E-state index in [4.69, 9.17) is 10.00 Å². The van der Waals surface area contributed by atoms with Crippen LogP contribution in [-0.4, -0.2) is 16.8 Å². The normalized spacial score (nSPS) is 9.78. The fourth-order valence-electron chi connectivity index (χ4n) is 1.54. The van der Waals surface area contributed by atoms with Gasteiger partial charge in [-0.15, -0.1) is 0 Å². The van der Waals surface area contributed by atoms with Crippen LogP contribution in [0.15, 0.2) is 30.5 Å². The summed E-state index contributed by atoms with van der Waals surface area (Å²) >= 11 is 0. The molecule has 0 fully saturated rings. The van der Waals surface area contributed by atoms with E-state index in [-0.39, 0.29) is 6.61 Å². The summed E-state index contributed by atoms with van der Waals surface area (Å²) in [5.41, 5.74) is 3.20. The molecule has 2 N–H and O–H groups in total. The van der Waals surface area contributed by atoms with E-state index < -0.39 is 0 Å². The molecule has 0 bridgehead atoms. The van der Waals surface area contributed by atoms with Crippen LogP contribution in [0.4, 0.5) is 5.69 Å². The van der Waals surface area contributed by atoms with E-state index in [1.165, 1.54) is 0 Å². The van der Waals surface area contributed by atoms with Crippen molar-refractivity contribution in [3.63, 3.8) is 0 Å². The summed E-state index contributed by atoms with van der Waals surface area (Å²) < 4.78 is 5.18. The molecule has 5 nitrogen and oxygen atoms in total. The molecular formula is C13H14N4O. The molecule has 5 heteroatoms. The monoisotopic (exact) mass is 242 g/mol. The predicted molar refractivity (Wildman–Crippen MR) is 68.2 cm³/mol. The van der Waals surface area contributed by atoms with Gasteiger partial charge in [0, 0.05) is 23.5 Å². The Balaban J connectivity index is 1.91. The molecular weight excluding hydrogens is 228 g/mol. The molecule has 1 aromatic heterocycles. The summed E-state index contributed by atoms with van der Waals surface area (Å²) in [4.78, 5) is 0. The lowest BCUT2D eigenvalue weighted by atomic mass is 10.2. The van der Waals surface area contributed by atoms with Gasteiger partial charge >= 0.3 is 0 Å². The maximum Gasteiger partial charge on any atom is 0.174 e. The van der Waals surface area contributed by atoms with Crippen molar-refractivity contribution in [3.05, 3.63) is 41.7 Å². The Hall–Kier alpha value is -2.48. The van der Waals surface area contributed by atoms with Gasteiger partial charge in [-0.3, -0.25) is 5.10 Å². The van der Waals surface area contributed by atoms with Crippen LogP contribution in [-0.2, 0) is 6.54 Å². The van der Waals surface area contributed by atoms with Crippen LogP contribution in [0.2, 0.25) is 0 Å². The standard InChI is InChI=1S/C13H14N4O/c1-10-11(9-16-17-10)8-15-12-2-4-13(5-3-12)18-7-6-14/h2-5,9,15H,7-8H2,1H3,(H,16,17). The van der Waals surface area contributed by atoms with Crippen molar-refractivity contribution in [2.45, 2.75) is 13.5 Å². The number of hydrogen-bond donors (Lipinski definition) is 2. The van der Waals surface area contributed by atoms with E-state index in [0.29, 0.717) is 5.75 Å². The third kappa shape index (κ3) is 3.01. The first-order valence-corrected chi connectivity index (χ1v) is 5.62. The molecule has 0 radical (unpaired) electrons. The zero-order valence-corrected chi connectivity index (χ0v) is 10.1. The summed E-state index contributed by atoms with van der Waals surface area (Å²) in [7, 11) is 0. The molecule has 0 spiro atoms. The number of benzene rings is 1. The molecule has 1 aromatic carbocycles. The van der Waals surface area contributed by atoms with Crippen molar-refractivity contribution >= 4 is 5.69 Å². The van der Waals surface area contributed by atoms with Crippen molar-refractivity contribution in [1.82, 2.24) is 10.2 Å². The average Bonchev–Trinajstić information content (AvgIpc) is 2.81. The maximum absolute atomic E-state index is 8.40. The minimum atomic E-state index is 0.0704. The van der Waals surface area contributed by atoms with Gasteiger partial charge < -0.3 is 10.1 Å². The molecule has 0 aliphatic rings. The van der Waals surface area contributed by atoms with Gasteiger partial charge in [-0.25, -0.2) is 0 Å². The van der Waals surface area contributed by atoms with Gasteiger partial charge in [-0.2, -0.15) is 10.4 Å². The van der Waals surface area contributed by atoms with E-state index in [1.807, 2.05) is 43.5 Å². The summed E-state index contributed by atoms with van der Waals surface area (Å²) in [6.07, 6.45) is 1.81. The molecule has 1 heterocycles. The van der Waals surface area contributed by atoms with Crippen LogP contribution in [0.3, 0.4) is 0 Å². The number of aromatic nitrogens is 2. The van der Waals surface area contributed by atoms with Crippen molar-refractivity contribution in [1.29, 1.82) is 5.26 Å². The van der Waals surface area contributed by atoms with Gasteiger partial charge in [0.05, 0.1) is 6.20 Å². The number of nitrogens with one attached hydrogen (secondary N) is 2. The van der Waals surface area contributed by atoms with Gasteiger partial charge in [-0.05, 0) is 31.2 Å². The first kappa shape index (κ1) is 12.0. The fourth-order valence-corrected chi connectivity index (χ4v) is 1.54. The molecule has 0 aliphatic heterocycles. The maximum atomic E-state index is 8.40. The van der Waals surface area contributed by atoms with Crippen LogP contribution in [0, 0.1) is 18.3 Å². The zero-order valence-electron chi connectivity index (χ0n) is 10.1. The van der Waals surface area contributed by atoms with Crippen molar-refractivity contribution < 1.29 is 4.74 Å². The third-order valence-corrected chi connectivity index (χ3v) is 2.57. The lowest BCUT2D eigenvalue weighted by molar-refractivity contribution is 0.368. The third-order valence-electron chi connectivity index (χ3n) is 2.57. The van der Waals surface area contributed by atoms with E-state index in [0.717, 1.165) is 23.5 Å². The molecule has 2 rings (SSSR count). The summed E-state index contributed by atoms with van der Waals surface area (Å²) in [5, 5.41) is 18.6. The Kier molecular flexibility index (Phi) is 3.82. The van der Waals surface area contributed by atoms with E-state index in [9.17, 15) is 0 Å². The SMILES string of the molecule is Cc1[nH]ncc1CNc1ccc(OCC#N)cc1. The topological polar surface area (TPSA) is 73.7 Å².